The van der Waals surface area contributed by atoms with Crippen LogP contribution in [0.2, 0.25) is 0 Å². The number of nitrogens with one attached hydrogen (secondary N) is 2. The Labute approximate surface area is 221 Å². The number of sulfonamides is 1. The van der Waals surface area contributed by atoms with Crippen LogP contribution >= 0.6 is 0 Å². The van der Waals surface area contributed by atoms with Gasteiger partial charge in [-0.15, -0.1) is 0 Å². The van der Waals surface area contributed by atoms with Gasteiger partial charge in [0.2, 0.25) is 11.0 Å². The Morgan fingerprint density at radius 3 is 2.51 bits per heavy atom. The van der Waals surface area contributed by atoms with E-state index < -0.39 is 39.5 Å². The largest absolute Gasteiger partial charge is 0.443 e. The van der Waals surface area contributed by atoms with Crippen molar-refractivity contribution in [1.82, 2.24) is 9.62 Å². The van der Waals surface area contributed by atoms with Crippen LogP contribution in [-0.2, 0) is 27.5 Å². The molecule has 1 amide bonds. The van der Waals surface area contributed by atoms with Crippen molar-refractivity contribution in [3.8, 4) is 0 Å². The summed E-state index contributed by atoms with van der Waals surface area (Å²) in [4.78, 5) is 13.0. The van der Waals surface area contributed by atoms with Crippen LogP contribution in [0.1, 0.15) is 24.0 Å². The molecule has 1 fully saturated rings. The molecule has 0 spiro atoms. The van der Waals surface area contributed by atoms with Crippen LogP contribution in [0, 0.1) is 5.82 Å². The molecule has 12 heteroatoms. The number of benzene rings is 3. The molecule has 0 radical (unpaired) electrons. The number of nitrogens with zero attached hydrogens (tertiary/aromatic N) is 1. The summed E-state index contributed by atoms with van der Waals surface area (Å²) < 4.78 is 85.0. The number of fused-ring (bicyclic) bond motifs is 1. The van der Waals surface area contributed by atoms with Gasteiger partial charge in [0.05, 0.1) is 5.56 Å². The van der Waals surface area contributed by atoms with Crippen molar-refractivity contribution in [1.29, 1.82) is 0 Å². The van der Waals surface area contributed by atoms with Crippen LogP contribution < -0.4 is 10.6 Å². The van der Waals surface area contributed by atoms with E-state index in [4.69, 9.17) is 4.42 Å². The number of alkyl halides is 3. The minimum atomic E-state index is -4.42. The van der Waals surface area contributed by atoms with Crippen LogP contribution in [0.4, 0.5) is 28.9 Å². The van der Waals surface area contributed by atoms with Crippen molar-refractivity contribution in [2.45, 2.75) is 36.7 Å². The van der Waals surface area contributed by atoms with Gasteiger partial charge in [-0.05, 0) is 73.0 Å². The maximum atomic E-state index is 13.5. The second-order valence-electron chi connectivity index (χ2n) is 9.14. The Morgan fingerprint density at radius 2 is 1.77 bits per heavy atom. The average molecular weight is 562 g/mol. The molecule has 39 heavy (non-hydrogen) atoms. The van der Waals surface area contributed by atoms with Crippen LogP contribution in [0.3, 0.4) is 0 Å². The molecule has 0 aliphatic carbocycles. The van der Waals surface area contributed by atoms with Crippen LogP contribution in [0.15, 0.2) is 82.3 Å². The van der Waals surface area contributed by atoms with E-state index in [1.54, 1.807) is 24.3 Å². The van der Waals surface area contributed by atoms with E-state index in [0.29, 0.717) is 35.2 Å². The zero-order valence-electron chi connectivity index (χ0n) is 20.3. The summed E-state index contributed by atoms with van der Waals surface area (Å²) in [6.45, 7) is 0.244. The number of rotatable bonds is 7. The lowest BCUT2D eigenvalue weighted by Crippen LogP contribution is -2.45. The standard InChI is InChI=1S/C27H23F4N3O4S/c28-20-8-11-24-18(14-20)15-25(38-24)39(36,37)34-12-2-5-23(34)26(35)32-16-17-3-1-4-22(13-17)33-21-9-6-19(7-10-21)27(29,30)31/h1,3-4,6-11,13-15,23,33H,2,5,12,16H2,(H,32,35)/t23-/m0/s1. The monoisotopic (exact) mass is 561 g/mol. The molecule has 1 aliphatic heterocycles. The van der Waals surface area contributed by atoms with Crippen LogP contribution in [0.5, 0.6) is 0 Å². The predicted octanol–water partition coefficient (Wildman–Crippen LogP) is 5.80. The molecule has 2 heterocycles. The summed E-state index contributed by atoms with van der Waals surface area (Å²) in [6.07, 6.45) is -3.61. The zero-order chi connectivity index (χ0) is 27.8. The lowest BCUT2D eigenvalue weighted by molar-refractivity contribution is -0.137. The number of halogens is 4. The van der Waals surface area contributed by atoms with E-state index >= 15 is 0 Å². The fourth-order valence-corrected chi connectivity index (χ4v) is 6.11. The Balaban J connectivity index is 1.24. The topological polar surface area (TPSA) is 91.7 Å². The summed E-state index contributed by atoms with van der Waals surface area (Å²) >= 11 is 0. The third-order valence-corrected chi connectivity index (χ3v) is 8.18. The molecule has 1 aliphatic rings. The fourth-order valence-electron chi connectivity index (χ4n) is 4.50. The molecule has 0 unspecified atom stereocenters. The van der Waals surface area contributed by atoms with Gasteiger partial charge in [-0.1, -0.05) is 12.1 Å². The van der Waals surface area contributed by atoms with Gasteiger partial charge in [0.25, 0.3) is 10.0 Å². The van der Waals surface area contributed by atoms with Crippen molar-refractivity contribution in [2.24, 2.45) is 0 Å². The number of hydrogen-bond acceptors (Lipinski definition) is 5. The number of hydrogen-bond donors (Lipinski definition) is 2. The molecule has 7 nitrogen and oxygen atoms in total. The van der Waals surface area contributed by atoms with E-state index in [1.165, 1.54) is 36.4 Å². The van der Waals surface area contributed by atoms with E-state index in [9.17, 15) is 30.8 Å². The molecular weight excluding hydrogens is 538 g/mol. The Bertz CT molecular complexity index is 1620. The number of anilines is 2. The summed E-state index contributed by atoms with van der Waals surface area (Å²) in [5, 5.41) is 5.74. The minimum absolute atomic E-state index is 0.107. The molecule has 3 aromatic carbocycles. The Kier molecular flexibility index (Phi) is 7.08. The Hall–Kier alpha value is -3.90. The highest BCUT2D eigenvalue weighted by molar-refractivity contribution is 7.89. The van der Waals surface area contributed by atoms with Gasteiger partial charge < -0.3 is 15.1 Å². The molecule has 4 aromatic rings. The second-order valence-corrected chi connectivity index (χ2v) is 11.0. The molecule has 204 valence electrons. The minimum Gasteiger partial charge on any atom is -0.443 e. The van der Waals surface area contributed by atoms with Crippen molar-refractivity contribution in [3.63, 3.8) is 0 Å². The summed E-state index contributed by atoms with van der Waals surface area (Å²) in [6, 6.07) is 15.6. The van der Waals surface area contributed by atoms with Gasteiger partial charge in [-0.2, -0.15) is 17.5 Å². The van der Waals surface area contributed by atoms with Crippen molar-refractivity contribution >= 4 is 38.3 Å². The van der Waals surface area contributed by atoms with Gasteiger partial charge in [0, 0.05) is 35.9 Å². The first-order valence-corrected chi connectivity index (χ1v) is 13.5. The lowest BCUT2D eigenvalue weighted by Gasteiger charge is -2.22. The molecule has 1 saturated heterocycles. The molecule has 0 saturated carbocycles. The lowest BCUT2D eigenvalue weighted by atomic mass is 10.1. The van der Waals surface area contributed by atoms with Gasteiger partial charge in [0.15, 0.2) is 0 Å². The molecule has 1 aromatic heterocycles. The van der Waals surface area contributed by atoms with Gasteiger partial charge >= 0.3 is 6.18 Å². The number of carbonyl (C=O) groups excluding carboxylic acids is 1. The number of furan rings is 1. The fraction of sp³-hybridized carbons (Fsp3) is 0.222. The van der Waals surface area contributed by atoms with Crippen molar-refractivity contribution in [2.75, 3.05) is 11.9 Å². The smallest absolute Gasteiger partial charge is 0.416 e. The van der Waals surface area contributed by atoms with Crippen LogP contribution in [0.25, 0.3) is 11.0 Å². The number of carbonyl (C=O) groups is 1. The highest BCUT2D eigenvalue weighted by Crippen LogP contribution is 2.32. The van der Waals surface area contributed by atoms with Crippen molar-refractivity contribution < 1.29 is 35.2 Å². The number of amides is 1. The summed E-state index contributed by atoms with van der Waals surface area (Å²) in [7, 11) is -4.14. The maximum Gasteiger partial charge on any atom is 0.416 e. The van der Waals surface area contributed by atoms with E-state index in [0.717, 1.165) is 16.4 Å². The molecule has 2 N–H and O–H groups in total. The van der Waals surface area contributed by atoms with Crippen LogP contribution in [-0.4, -0.2) is 31.2 Å². The normalized spacial score (nSPS) is 16.5. The molecular formula is C27H23F4N3O4S. The third kappa shape index (κ3) is 5.76. The SMILES string of the molecule is O=C(NCc1cccc(Nc2ccc(C(F)(F)F)cc2)c1)[C@@H]1CCCN1S(=O)(=O)c1cc2cc(F)ccc2o1. The highest BCUT2D eigenvalue weighted by Gasteiger charge is 2.41. The van der Waals surface area contributed by atoms with E-state index in [2.05, 4.69) is 10.6 Å². The van der Waals surface area contributed by atoms with Gasteiger partial charge in [-0.3, -0.25) is 4.79 Å². The second kappa shape index (κ2) is 10.3. The highest BCUT2D eigenvalue weighted by atomic mass is 32.2. The zero-order valence-corrected chi connectivity index (χ0v) is 21.2. The van der Waals surface area contributed by atoms with Gasteiger partial charge in [-0.25, -0.2) is 12.8 Å². The predicted molar refractivity (Wildman–Crippen MR) is 136 cm³/mol. The average Bonchev–Trinajstić information content (AvgIpc) is 3.55. The third-order valence-electron chi connectivity index (χ3n) is 6.42. The quantitative estimate of drug-likeness (QED) is 0.278. The molecule has 0 bridgehead atoms. The summed E-state index contributed by atoms with van der Waals surface area (Å²) in [5.41, 5.74) is 1.24. The first-order chi connectivity index (χ1) is 18.5. The van der Waals surface area contributed by atoms with Gasteiger partial charge in [0.1, 0.15) is 17.4 Å². The van der Waals surface area contributed by atoms with Crippen molar-refractivity contribution in [3.05, 3.63) is 89.7 Å². The molecule has 1 atom stereocenters. The summed E-state index contributed by atoms with van der Waals surface area (Å²) in [5.74, 6) is -0.997. The first kappa shape index (κ1) is 26.7. The molecule has 5 rings (SSSR count). The first-order valence-electron chi connectivity index (χ1n) is 12.0. The van der Waals surface area contributed by atoms with E-state index in [1.807, 2.05) is 0 Å². The Morgan fingerprint density at radius 1 is 1.00 bits per heavy atom. The van der Waals surface area contributed by atoms with E-state index in [-0.39, 0.29) is 23.8 Å². The maximum absolute atomic E-state index is 13.5.